The van der Waals surface area contributed by atoms with Gasteiger partial charge in [-0.3, -0.25) is 4.79 Å². The Morgan fingerprint density at radius 1 is 1.36 bits per heavy atom. The van der Waals surface area contributed by atoms with E-state index in [1.807, 2.05) is 36.7 Å². The van der Waals surface area contributed by atoms with Crippen molar-refractivity contribution in [3.05, 3.63) is 46.0 Å². The monoisotopic (exact) mass is 418 g/mol. The van der Waals surface area contributed by atoms with E-state index in [0.29, 0.717) is 21.2 Å². The number of carbonyl (C=O) groups is 1. The van der Waals surface area contributed by atoms with Crippen molar-refractivity contribution in [3.63, 3.8) is 0 Å². The lowest BCUT2D eigenvalue weighted by Crippen LogP contribution is -2.38. The van der Waals surface area contributed by atoms with Crippen molar-refractivity contribution in [2.75, 3.05) is 5.73 Å². The van der Waals surface area contributed by atoms with Gasteiger partial charge in [-0.05, 0) is 19.1 Å². The fourth-order valence-electron chi connectivity index (χ4n) is 3.35. The molecule has 3 heterocycles. The Kier molecular flexibility index (Phi) is 4.60. The Morgan fingerprint density at radius 2 is 2.14 bits per heavy atom. The van der Waals surface area contributed by atoms with Gasteiger partial charge in [0.05, 0.1) is 18.6 Å². The molecule has 0 unspecified atom stereocenters. The molecule has 4 N–H and O–H groups in total. The van der Waals surface area contributed by atoms with Crippen LogP contribution >= 0.6 is 23.2 Å². The predicted octanol–water partition coefficient (Wildman–Crippen LogP) is 2.58. The summed E-state index contributed by atoms with van der Waals surface area (Å²) in [6.07, 6.45) is 1.55. The molecular weight excluding hydrogens is 401 g/mol. The van der Waals surface area contributed by atoms with Gasteiger partial charge in [0.15, 0.2) is 28.2 Å². The molecule has 0 radical (unpaired) electrons. The number of amides is 1. The SMILES string of the molecule is CCn1c(CNC(=O)c2nc3c(Cl)c[nH]c3nc2N)[n+](C)c2ccc(Cl)cc21. The van der Waals surface area contributed by atoms with Crippen LogP contribution < -0.4 is 15.6 Å². The molecule has 0 saturated heterocycles. The molecule has 10 heteroatoms. The van der Waals surface area contributed by atoms with Crippen LogP contribution in [0.4, 0.5) is 5.82 Å². The number of aromatic nitrogens is 5. The summed E-state index contributed by atoms with van der Waals surface area (Å²) in [5.74, 6) is 0.534. The van der Waals surface area contributed by atoms with E-state index in [9.17, 15) is 4.79 Å². The number of nitrogens with two attached hydrogens (primary N) is 1. The van der Waals surface area contributed by atoms with Crippen LogP contribution in [-0.2, 0) is 20.1 Å². The van der Waals surface area contributed by atoms with E-state index in [4.69, 9.17) is 28.9 Å². The molecule has 0 aliphatic carbocycles. The Balaban J connectivity index is 1.66. The second-order valence-corrected chi connectivity index (χ2v) is 7.17. The number of fused-ring (bicyclic) bond motifs is 2. The summed E-state index contributed by atoms with van der Waals surface area (Å²) in [4.78, 5) is 24.0. The Hall–Kier alpha value is -2.84. The summed E-state index contributed by atoms with van der Waals surface area (Å²) in [6, 6.07) is 5.72. The molecule has 0 bridgehead atoms. The van der Waals surface area contributed by atoms with Crippen LogP contribution in [0.25, 0.3) is 22.2 Å². The van der Waals surface area contributed by atoms with Crippen molar-refractivity contribution in [2.24, 2.45) is 7.05 Å². The lowest BCUT2D eigenvalue weighted by atomic mass is 10.3. The van der Waals surface area contributed by atoms with Gasteiger partial charge in [-0.2, -0.15) is 0 Å². The summed E-state index contributed by atoms with van der Waals surface area (Å²) in [5.41, 5.74) is 8.82. The highest BCUT2D eigenvalue weighted by atomic mass is 35.5. The first-order valence-electron chi connectivity index (χ1n) is 8.65. The zero-order valence-corrected chi connectivity index (χ0v) is 16.8. The minimum absolute atomic E-state index is 0.0377. The van der Waals surface area contributed by atoms with E-state index in [0.717, 1.165) is 23.4 Å². The van der Waals surface area contributed by atoms with Crippen molar-refractivity contribution in [1.82, 2.24) is 24.8 Å². The van der Waals surface area contributed by atoms with Gasteiger partial charge >= 0.3 is 0 Å². The minimum Gasteiger partial charge on any atom is -0.382 e. The molecule has 0 saturated carbocycles. The largest absolute Gasteiger partial charge is 0.382 e. The van der Waals surface area contributed by atoms with E-state index >= 15 is 0 Å². The standard InChI is InChI=1S/C18H17Cl2N7O/c1-3-27-12-6-9(19)4-5-11(12)26(2)13(27)8-23-18(28)15-16(21)25-17-14(24-15)10(20)7-22-17/h4-7H,3,8H2,1-2H3,(H3-,21,22,23,24,25,28)/p+1. The molecule has 3 aromatic heterocycles. The van der Waals surface area contributed by atoms with Gasteiger partial charge in [0.25, 0.3) is 11.7 Å². The number of H-pyrrole nitrogens is 1. The Labute approximate surface area is 170 Å². The summed E-state index contributed by atoms with van der Waals surface area (Å²) in [5, 5.41) is 3.92. The van der Waals surface area contributed by atoms with Gasteiger partial charge in [-0.25, -0.2) is 19.1 Å². The molecule has 0 aliphatic heterocycles. The molecular formula is C18H18Cl2N7O+. The summed E-state index contributed by atoms with van der Waals surface area (Å²) in [7, 11) is 1.95. The maximum absolute atomic E-state index is 12.7. The Morgan fingerprint density at radius 3 is 2.89 bits per heavy atom. The van der Waals surface area contributed by atoms with Crippen molar-refractivity contribution in [1.29, 1.82) is 0 Å². The highest BCUT2D eigenvalue weighted by Crippen LogP contribution is 2.22. The number of hydrogen-bond donors (Lipinski definition) is 3. The number of halogens is 2. The topological polar surface area (TPSA) is 105 Å². The number of imidazole rings is 1. The third-order valence-electron chi connectivity index (χ3n) is 4.71. The number of aromatic amines is 1. The summed E-state index contributed by atoms with van der Waals surface area (Å²) < 4.78 is 4.12. The average molecular weight is 419 g/mol. The van der Waals surface area contributed by atoms with Crippen LogP contribution in [0.2, 0.25) is 10.0 Å². The second-order valence-electron chi connectivity index (χ2n) is 6.33. The lowest BCUT2D eigenvalue weighted by Gasteiger charge is -2.06. The number of rotatable bonds is 4. The van der Waals surface area contributed by atoms with Gasteiger partial charge in [-0.1, -0.05) is 23.2 Å². The first kappa shape index (κ1) is 18.5. The number of benzene rings is 1. The fourth-order valence-corrected chi connectivity index (χ4v) is 3.70. The van der Waals surface area contributed by atoms with Gasteiger partial charge in [0, 0.05) is 17.3 Å². The smallest absolute Gasteiger partial charge is 0.276 e. The van der Waals surface area contributed by atoms with Crippen LogP contribution in [0, 0.1) is 0 Å². The van der Waals surface area contributed by atoms with Crippen molar-refractivity contribution < 1.29 is 9.36 Å². The molecule has 0 aliphatic rings. The Bertz CT molecular complexity index is 1230. The average Bonchev–Trinajstić information content (AvgIpc) is 3.15. The van der Waals surface area contributed by atoms with E-state index in [-0.39, 0.29) is 18.1 Å². The maximum Gasteiger partial charge on any atom is 0.276 e. The van der Waals surface area contributed by atoms with Crippen LogP contribution in [-0.4, -0.2) is 25.4 Å². The van der Waals surface area contributed by atoms with Crippen LogP contribution in [0.5, 0.6) is 0 Å². The molecule has 4 aromatic rings. The zero-order chi connectivity index (χ0) is 20.0. The number of nitrogens with one attached hydrogen (secondary N) is 2. The lowest BCUT2D eigenvalue weighted by molar-refractivity contribution is -0.654. The number of hydrogen-bond acceptors (Lipinski definition) is 4. The summed E-state index contributed by atoms with van der Waals surface area (Å²) in [6.45, 7) is 3.06. The van der Waals surface area contributed by atoms with E-state index < -0.39 is 5.91 Å². The van der Waals surface area contributed by atoms with Gasteiger partial charge < -0.3 is 16.0 Å². The molecule has 1 amide bonds. The highest BCUT2D eigenvalue weighted by molar-refractivity contribution is 6.35. The van der Waals surface area contributed by atoms with Crippen molar-refractivity contribution in [3.8, 4) is 0 Å². The molecule has 0 atom stereocenters. The number of aryl methyl sites for hydroxylation is 2. The first-order valence-corrected chi connectivity index (χ1v) is 9.41. The van der Waals surface area contributed by atoms with Crippen LogP contribution in [0.3, 0.4) is 0 Å². The third kappa shape index (κ3) is 2.94. The number of anilines is 1. The minimum atomic E-state index is -0.421. The molecule has 0 spiro atoms. The van der Waals surface area contributed by atoms with E-state index in [2.05, 4.69) is 24.8 Å². The van der Waals surface area contributed by atoms with Crippen molar-refractivity contribution in [2.45, 2.75) is 20.0 Å². The van der Waals surface area contributed by atoms with E-state index in [1.165, 1.54) is 0 Å². The van der Waals surface area contributed by atoms with Gasteiger partial charge in [0.1, 0.15) is 12.1 Å². The molecule has 28 heavy (non-hydrogen) atoms. The molecule has 8 nitrogen and oxygen atoms in total. The third-order valence-corrected chi connectivity index (χ3v) is 5.23. The van der Waals surface area contributed by atoms with Crippen LogP contribution in [0.1, 0.15) is 23.2 Å². The predicted molar refractivity (Wildman–Crippen MR) is 108 cm³/mol. The van der Waals surface area contributed by atoms with Gasteiger partial charge in [0.2, 0.25) is 0 Å². The second kappa shape index (κ2) is 6.96. The first-order chi connectivity index (χ1) is 13.4. The number of carbonyl (C=O) groups excluding carboxylic acids is 1. The van der Waals surface area contributed by atoms with Crippen LogP contribution in [0.15, 0.2) is 24.4 Å². The number of nitrogens with zero attached hydrogens (tertiary/aromatic N) is 4. The molecule has 4 rings (SSSR count). The number of nitrogen functional groups attached to an aromatic ring is 1. The fraction of sp³-hybridized carbons (Fsp3) is 0.222. The quantitative estimate of drug-likeness (QED) is 0.442. The molecule has 1 aromatic carbocycles. The summed E-state index contributed by atoms with van der Waals surface area (Å²) >= 11 is 12.2. The van der Waals surface area contributed by atoms with Gasteiger partial charge in [-0.15, -0.1) is 0 Å². The highest BCUT2D eigenvalue weighted by Gasteiger charge is 2.24. The molecule has 0 fully saturated rings. The maximum atomic E-state index is 12.7. The molecule has 144 valence electrons. The van der Waals surface area contributed by atoms with Crippen molar-refractivity contribution >= 4 is 57.1 Å². The zero-order valence-electron chi connectivity index (χ0n) is 15.3. The van der Waals surface area contributed by atoms with E-state index in [1.54, 1.807) is 6.20 Å². The normalized spacial score (nSPS) is 11.4.